The Balaban J connectivity index is 2.08. The number of methoxy groups -OCH3 is 1. The maximum Gasteiger partial charge on any atom is 0.348 e. The molecule has 1 heterocycles. The van der Waals surface area contributed by atoms with Crippen LogP contribution in [0.15, 0.2) is 24.3 Å². The van der Waals surface area contributed by atoms with E-state index in [1.165, 1.54) is 18.4 Å². The molecule has 0 radical (unpaired) electrons. The molecule has 0 amide bonds. The van der Waals surface area contributed by atoms with Gasteiger partial charge in [0.2, 0.25) is 0 Å². The third-order valence-corrected chi connectivity index (χ3v) is 5.41. The van der Waals surface area contributed by atoms with Crippen LogP contribution in [0.1, 0.15) is 55.7 Å². The Morgan fingerprint density at radius 2 is 1.84 bits per heavy atom. The molecule has 1 aliphatic rings. The molecule has 0 aliphatic heterocycles. The molecule has 1 aromatic heterocycles. The molecule has 130 valence electrons. The van der Waals surface area contributed by atoms with Gasteiger partial charge in [0, 0.05) is 16.9 Å². The first-order valence-corrected chi connectivity index (χ1v) is 8.93. The van der Waals surface area contributed by atoms with E-state index in [1.54, 1.807) is 31.2 Å². The van der Waals surface area contributed by atoms with Crippen LogP contribution in [-0.4, -0.2) is 31.4 Å². The molecule has 6 heteroatoms. The van der Waals surface area contributed by atoms with Crippen molar-refractivity contribution in [1.29, 1.82) is 0 Å². The van der Waals surface area contributed by atoms with Crippen LogP contribution in [0.2, 0.25) is 0 Å². The number of hydrogen-bond donors (Lipinski definition) is 0. The van der Waals surface area contributed by atoms with Crippen LogP contribution in [0.25, 0.3) is 10.4 Å². The number of thiophene rings is 1. The molecule has 5 nitrogen and oxygen atoms in total. The highest BCUT2D eigenvalue weighted by Crippen LogP contribution is 2.41. The van der Waals surface area contributed by atoms with Crippen molar-refractivity contribution in [3.63, 3.8) is 0 Å². The Kier molecular flexibility index (Phi) is 4.99. The van der Waals surface area contributed by atoms with E-state index in [2.05, 4.69) is 0 Å². The molecule has 0 N–H and O–H groups in total. The second kappa shape index (κ2) is 7.19. The van der Waals surface area contributed by atoms with Crippen LogP contribution >= 0.6 is 11.3 Å². The zero-order valence-corrected chi connectivity index (χ0v) is 14.9. The third kappa shape index (κ3) is 3.22. The van der Waals surface area contributed by atoms with E-state index in [0.717, 1.165) is 22.4 Å². The molecular formula is C19H18O5S. The summed E-state index contributed by atoms with van der Waals surface area (Å²) in [6.45, 7) is 2.05. The fourth-order valence-corrected chi connectivity index (χ4v) is 4.26. The van der Waals surface area contributed by atoms with Crippen molar-refractivity contribution in [2.24, 2.45) is 0 Å². The van der Waals surface area contributed by atoms with Crippen molar-refractivity contribution < 1.29 is 23.9 Å². The molecule has 1 aliphatic carbocycles. The number of carbonyl (C=O) groups is 3. The smallest absolute Gasteiger partial charge is 0.348 e. The van der Waals surface area contributed by atoms with Gasteiger partial charge >= 0.3 is 11.9 Å². The maximum absolute atomic E-state index is 12.5. The summed E-state index contributed by atoms with van der Waals surface area (Å²) in [5, 5.41) is 0. The molecule has 0 spiro atoms. The number of Topliss-reactive ketones (excluding diaryl/α,β-unsaturated/α-hetero) is 1. The number of fused-ring (bicyclic) bond motifs is 1. The normalized spacial score (nSPS) is 13.3. The molecule has 0 unspecified atom stereocenters. The lowest BCUT2D eigenvalue weighted by Gasteiger charge is -2.13. The minimum atomic E-state index is -0.414. The Morgan fingerprint density at radius 3 is 2.48 bits per heavy atom. The molecule has 0 saturated carbocycles. The summed E-state index contributed by atoms with van der Waals surface area (Å²) >= 11 is 1.29. The fraction of sp³-hybridized carbons (Fsp3) is 0.316. The highest BCUT2D eigenvalue weighted by molar-refractivity contribution is 7.18. The standard InChI is InChI=1S/C19H18O5S/c1-3-24-19(22)17-13-5-4-6-14(20)15(13)16(25-17)11-7-9-12(10-8-11)18(21)23-2/h7-10H,3-6H2,1-2H3. The zero-order valence-electron chi connectivity index (χ0n) is 14.1. The monoisotopic (exact) mass is 358 g/mol. The lowest BCUT2D eigenvalue weighted by molar-refractivity contribution is 0.0529. The number of ketones is 1. The first-order chi connectivity index (χ1) is 12.1. The van der Waals surface area contributed by atoms with Crippen molar-refractivity contribution in [2.75, 3.05) is 13.7 Å². The van der Waals surface area contributed by atoms with Gasteiger partial charge in [-0.1, -0.05) is 12.1 Å². The number of rotatable bonds is 4. The van der Waals surface area contributed by atoms with Gasteiger partial charge in [0.15, 0.2) is 5.78 Å². The highest BCUT2D eigenvalue weighted by Gasteiger charge is 2.30. The average Bonchev–Trinajstić information content (AvgIpc) is 3.02. The maximum atomic E-state index is 12.5. The van der Waals surface area contributed by atoms with Gasteiger partial charge in [-0.15, -0.1) is 11.3 Å². The quantitative estimate of drug-likeness (QED) is 0.775. The lowest BCUT2D eigenvalue weighted by Crippen LogP contribution is -2.13. The van der Waals surface area contributed by atoms with Gasteiger partial charge < -0.3 is 9.47 Å². The van der Waals surface area contributed by atoms with E-state index in [4.69, 9.17) is 9.47 Å². The van der Waals surface area contributed by atoms with E-state index >= 15 is 0 Å². The van der Waals surface area contributed by atoms with E-state index in [-0.39, 0.29) is 11.8 Å². The Hall–Kier alpha value is -2.47. The van der Waals surface area contributed by atoms with E-state index in [9.17, 15) is 14.4 Å². The number of carbonyl (C=O) groups excluding carboxylic acids is 3. The second-order valence-electron chi connectivity index (χ2n) is 5.68. The van der Waals surface area contributed by atoms with Crippen molar-refractivity contribution in [3.8, 4) is 10.4 Å². The van der Waals surface area contributed by atoms with Crippen LogP contribution < -0.4 is 0 Å². The predicted octanol–water partition coefficient (Wildman–Crippen LogP) is 3.90. The van der Waals surface area contributed by atoms with Crippen molar-refractivity contribution in [2.45, 2.75) is 26.2 Å². The van der Waals surface area contributed by atoms with Crippen LogP contribution in [0, 0.1) is 0 Å². The van der Waals surface area contributed by atoms with E-state index in [1.807, 2.05) is 0 Å². The van der Waals surface area contributed by atoms with Gasteiger partial charge in [0.05, 0.1) is 19.3 Å². The molecule has 25 heavy (non-hydrogen) atoms. The van der Waals surface area contributed by atoms with Gasteiger partial charge in [-0.3, -0.25) is 4.79 Å². The van der Waals surface area contributed by atoms with Gasteiger partial charge in [0.25, 0.3) is 0 Å². The Labute approximate surface area is 149 Å². The number of ether oxygens (including phenoxy) is 2. The third-order valence-electron chi connectivity index (χ3n) is 4.15. The molecule has 0 fully saturated rings. The number of esters is 2. The SMILES string of the molecule is CCOC(=O)c1sc(-c2ccc(C(=O)OC)cc2)c2c1CCCC2=O. The molecule has 0 bridgehead atoms. The first-order valence-electron chi connectivity index (χ1n) is 8.11. The summed E-state index contributed by atoms with van der Waals surface area (Å²) in [5.41, 5.74) is 2.67. The van der Waals surface area contributed by atoms with Crippen molar-refractivity contribution in [3.05, 3.63) is 45.8 Å². The van der Waals surface area contributed by atoms with Crippen LogP contribution in [0.5, 0.6) is 0 Å². The van der Waals surface area contributed by atoms with Crippen LogP contribution in [-0.2, 0) is 15.9 Å². The largest absolute Gasteiger partial charge is 0.465 e. The second-order valence-corrected chi connectivity index (χ2v) is 6.70. The molecule has 3 rings (SSSR count). The summed E-state index contributed by atoms with van der Waals surface area (Å²) in [5.74, 6) is -0.737. The zero-order chi connectivity index (χ0) is 18.0. The van der Waals surface area contributed by atoms with Gasteiger partial charge in [-0.2, -0.15) is 0 Å². The number of hydrogen-bond acceptors (Lipinski definition) is 6. The molecule has 0 saturated heterocycles. The minimum absolute atomic E-state index is 0.0556. The van der Waals surface area contributed by atoms with Crippen molar-refractivity contribution in [1.82, 2.24) is 0 Å². The topological polar surface area (TPSA) is 69.7 Å². The van der Waals surface area contributed by atoms with Crippen LogP contribution in [0.3, 0.4) is 0 Å². The molecule has 1 aromatic carbocycles. The summed E-state index contributed by atoms with van der Waals surface area (Å²) in [7, 11) is 1.33. The average molecular weight is 358 g/mol. The lowest BCUT2D eigenvalue weighted by atomic mass is 9.89. The molecular weight excluding hydrogens is 340 g/mol. The molecule has 0 atom stereocenters. The van der Waals surface area contributed by atoms with Crippen molar-refractivity contribution >= 4 is 29.1 Å². The Bertz CT molecular complexity index is 832. The van der Waals surface area contributed by atoms with Gasteiger partial charge in [0.1, 0.15) is 4.88 Å². The van der Waals surface area contributed by atoms with Gasteiger partial charge in [-0.25, -0.2) is 9.59 Å². The predicted molar refractivity (Wildman–Crippen MR) is 94.3 cm³/mol. The van der Waals surface area contributed by atoms with Gasteiger partial charge in [-0.05, 0) is 43.0 Å². The van der Waals surface area contributed by atoms with E-state index < -0.39 is 5.97 Å². The minimum Gasteiger partial charge on any atom is -0.465 e. The summed E-state index contributed by atoms with van der Waals surface area (Å²) in [6.07, 6.45) is 1.93. The Morgan fingerprint density at radius 1 is 1.12 bits per heavy atom. The first kappa shape index (κ1) is 17.4. The number of benzene rings is 1. The highest BCUT2D eigenvalue weighted by atomic mass is 32.1. The summed E-state index contributed by atoms with van der Waals surface area (Å²) in [6, 6.07) is 6.86. The van der Waals surface area contributed by atoms with Crippen LogP contribution in [0.4, 0.5) is 0 Å². The summed E-state index contributed by atoms with van der Waals surface area (Å²) < 4.78 is 9.84. The fourth-order valence-electron chi connectivity index (χ4n) is 2.99. The molecule has 2 aromatic rings. The van der Waals surface area contributed by atoms with E-state index in [0.29, 0.717) is 35.5 Å². The summed E-state index contributed by atoms with van der Waals surface area (Å²) in [4.78, 5) is 37.6.